The summed E-state index contributed by atoms with van der Waals surface area (Å²) in [6, 6.07) is 11.0. The number of carbonyl (C=O) groups excluding carboxylic acids is 1. The van der Waals surface area contributed by atoms with E-state index in [1.807, 2.05) is 24.3 Å². The number of nitrogen functional groups attached to an aromatic ring is 1. The molecule has 0 aliphatic heterocycles. The number of amides is 1. The van der Waals surface area contributed by atoms with Gasteiger partial charge in [-0.2, -0.15) is 0 Å². The van der Waals surface area contributed by atoms with E-state index < -0.39 is 0 Å². The summed E-state index contributed by atoms with van der Waals surface area (Å²) in [5.41, 5.74) is 7.91. The molecule has 1 heterocycles. The third kappa shape index (κ3) is 5.14. The largest absolute Gasteiger partial charge is 0.494 e. The van der Waals surface area contributed by atoms with Crippen molar-refractivity contribution in [1.29, 1.82) is 0 Å². The fraction of sp³-hybridized carbons (Fsp3) is 0.222. The van der Waals surface area contributed by atoms with Crippen molar-refractivity contribution in [3.05, 3.63) is 53.7 Å². The maximum Gasteiger partial charge on any atom is 0.249 e. The maximum absolute atomic E-state index is 11.9. The highest BCUT2D eigenvalue weighted by Gasteiger charge is 2.01. The van der Waals surface area contributed by atoms with Crippen molar-refractivity contribution in [2.24, 2.45) is 0 Å². The van der Waals surface area contributed by atoms with Crippen LogP contribution in [0.25, 0.3) is 6.08 Å². The lowest BCUT2D eigenvalue weighted by Gasteiger charge is -2.05. The number of ether oxygens (including phenoxy) is 1. The molecule has 1 aromatic carbocycles. The molecule has 0 radical (unpaired) electrons. The predicted octanol–water partition coefficient (Wildman–Crippen LogP) is 3.41. The molecule has 120 valence electrons. The molecule has 2 aromatic rings. The van der Waals surface area contributed by atoms with Crippen molar-refractivity contribution in [1.82, 2.24) is 4.98 Å². The van der Waals surface area contributed by atoms with E-state index in [-0.39, 0.29) is 5.91 Å². The van der Waals surface area contributed by atoms with Crippen LogP contribution in [-0.2, 0) is 4.79 Å². The van der Waals surface area contributed by atoms with E-state index in [0.717, 1.165) is 17.7 Å². The average molecular weight is 311 g/mol. The quantitative estimate of drug-likeness (QED) is 0.801. The van der Waals surface area contributed by atoms with Crippen molar-refractivity contribution in [3.63, 3.8) is 0 Å². The van der Waals surface area contributed by atoms with Crippen LogP contribution < -0.4 is 15.8 Å². The minimum Gasteiger partial charge on any atom is -0.494 e. The first-order valence-electron chi connectivity index (χ1n) is 7.53. The highest BCUT2D eigenvalue weighted by atomic mass is 16.5. The van der Waals surface area contributed by atoms with E-state index in [4.69, 9.17) is 10.5 Å². The molecule has 1 aromatic heterocycles. The average Bonchev–Trinajstić information content (AvgIpc) is 2.55. The topological polar surface area (TPSA) is 77.2 Å². The van der Waals surface area contributed by atoms with E-state index in [9.17, 15) is 4.79 Å². The van der Waals surface area contributed by atoms with Crippen molar-refractivity contribution in [3.8, 4) is 5.75 Å². The molecule has 0 unspecified atom stereocenters. The van der Waals surface area contributed by atoms with Crippen LogP contribution in [0.4, 0.5) is 11.5 Å². The molecule has 23 heavy (non-hydrogen) atoms. The van der Waals surface area contributed by atoms with Gasteiger partial charge in [-0.3, -0.25) is 4.79 Å². The molecular weight excluding hydrogens is 290 g/mol. The molecule has 2 rings (SSSR count). The normalized spacial score (nSPS) is 10.7. The Kier molecular flexibility index (Phi) is 5.74. The van der Waals surface area contributed by atoms with Crippen LogP contribution in [0, 0.1) is 6.92 Å². The van der Waals surface area contributed by atoms with Gasteiger partial charge in [0, 0.05) is 6.08 Å². The Morgan fingerprint density at radius 3 is 2.65 bits per heavy atom. The molecule has 3 N–H and O–H groups in total. The summed E-state index contributed by atoms with van der Waals surface area (Å²) in [4.78, 5) is 16.1. The van der Waals surface area contributed by atoms with Crippen LogP contribution in [0.1, 0.15) is 24.6 Å². The summed E-state index contributed by atoms with van der Waals surface area (Å²) in [7, 11) is 0. The van der Waals surface area contributed by atoms with Crippen molar-refractivity contribution in [2.75, 3.05) is 17.7 Å². The Morgan fingerprint density at radius 1 is 1.26 bits per heavy atom. The standard InChI is InChI=1S/C18H21N3O2/c1-3-12-23-15-7-4-14(5-8-15)6-11-18(22)21-17-10-9-16(19)13(2)20-17/h4-11H,3,12,19H2,1-2H3,(H,20,21,22)/b11-6+. The van der Waals surface area contributed by atoms with Gasteiger partial charge in [-0.1, -0.05) is 19.1 Å². The van der Waals surface area contributed by atoms with Crippen LogP contribution >= 0.6 is 0 Å². The number of hydrogen-bond acceptors (Lipinski definition) is 4. The number of nitrogens with one attached hydrogen (secondary N) is 1. The zero-order chi connectivity index (χ0) is 16.7. The fourth-order valence-electron chi connectivity index (χ4n) is 1.88. The number of pyridine rings is 1. The van der Waals surface area contributed by atoms with Gasteiger partial charge in [0.25, 0.3) is 0 Å². The van der Waals surface area contributed by atoms with E-state index >= 15 is 0 Å². The summed E-state index contributed by atoms with van der Waals surface area (Å²) in [6.45, 7) is 4.56. The van der Waals surface area contributed by atoms with E-state index in [1.54, 1.807) is 25.1 Å². The third-order valence-electron chi connectivity index (χ3n) is 3.16. The molecule has 0 atom stereocenters. The molecule has 0 fully saturated rings. The lowest BCUT2D eigenvalue weighted by Crippen LogP contribution is -2.10. The van der Waals surface area contributed by atoms with Gasteiger partial charge in [0.15, 0.2) is 0 Å². The Labute approximate surface area is 136 Å². The zero-order valence-corrected chi connectivity index (χ0v) is 13.4. The lowest BCUT2D eigenvalue weighted by atomic mass is 10.2. The highest BCUT2D eigenvalue weighted by molar-refractivity contribution is 6.01. The van der Waals surface area contributed by atoms with Crippen molar-refractivity contribution >= 4 is 23.5 Å². The zero-order valence-electron chi connectivity index (χ0n) is 13.4. The summed E-state index contributed by atoms with van der Waals surface area (Å²) < 4.78 is 5.51. The van der Waals surface area contributed by atoms with Gasteiger partial charge in [0.05, 0.1) is 18.0 Å². The molecule has 0 aliphatic rings. The van der Waals surface area contributed by atoms with E-state index in [1.165, 1.54) is 6.08 Å². The van der Waals surface area contributed by atoms with Crippen LogP contribution in [0.15, 0.2) is 42.5 Å². The van der Waals surface area contributed by atoms with Crippen molar-refractivity contribution in [2.45, 2.75) is 20.3 Å². The second-order valence-electron chi connectivity index (χ2n) is 5.11. The number of carbonyl (C=O) groups is 1. The number of anilines is 2. The number of rotatable bonds is 6. The molecular formula is C18H21N3O2. The summed E-state index contributed by atoms with van der Waals surface area (Å²) in [5, 5.41) is 2.70. The van der Waals surface area contributed by atoms with Gasteiger partial charge in [0.2, 0.25) is 5.91 Å². The maximum atomic E-state index is 11.9. The highest BCUT2D eigenvalue weighted by Crippen LogP contribution is 2.14. The van der Waals surface area contributed by atoms with Gasteiger partial charge >= 0.3 is 0 Å². The van der Waals surface area contributed by atoms with Gasteiger partial charge in [-0.25, -0.2) is 4.98 Å². The summed E-state index contributed by atoms with van der Waals surface area (Å²) in [5.74, 6) is 1.07. The van der Waals surface area contributed by atoms with Gasteiger partial charge in [0.1, 0.15) is 11.6 Å². The SMILES string of the molecule is CCCOc1ccc(/C=C/C(=O)Nc2ccc(N)c(C)n2)cc1. The van der Waals surface area contributed by atoms with E-state index in [2.05, 4.69) is 17.2 Å². The summed E-state index contributed by atoms with van der Waals surface area (Å²) in [6.07, 6.45) is 4.18. The summed E-state index contributed by atoms with van der Waals surface area (Å²) >= 11 is 0. The van der Waals surface area contributed by atoms with Crippen molar-refractivity contribution < 1.29 is 9.53 Å². The molecule has 0 saturated carbocycles. The molecule has 0 bridgehead atoms. The van der Waals surface area contributed by atoms with Gasteiger partial charge in [-0.15, -0.1) is 0 Å². The molecule has 5 heteroatoms. The van der Waals surface area contributed by atoms with Gasteiger partial charge < -0.3 is 15.8 Å². The Morgan fingerprint density at radius 2 is 2.00 bits per heavy atom. The first-order valence-corrected chi connectivity index (χ1v) is 7.53. The second kappa shape index (κ2) is 7.98. The molecule has 0 spiro atoms. The molecule has 5 nitrogen and oxygen atoms in total. The number of aryl methyl sites for hydroxylation is 1. The minimum absolute atomic E-state index is 0.243. The lowest BCUT2D eigenvalue weighted by molar-refractivity contribution is -0.111. The first-order chi connectivity index (χ1) is 11.1. The minimum atomic E-state index is -0.243. The van der Waals surface area contributed by atoms with Gasteiger partial charge in [-0.05, 0) is 49.2 Å². The number of hydrogen-bond donors (Lipinski definition) is 2. The smallest absolute Gasteiger partial charge is 0.249 e. The number of nitrogens with zero attached hydrogens (tertiary/aromatic N) is 1. The number of benzene rings is 1. The first kappa shape index (κ1) is 16.5. The molecule has 1 amide bonds. The van der Waals surface area contributed by atoms with Crippen LogP contribution in [0.5, 0.6) is 5.75 Å². The predicted molar refractivity (Wildman–Crippen MR) is 93.3 cm³/mol. The Bertz CT molecular complexity index is 694. The number of nitrogens with two attached hydrogens (primary N) is 1. The van der Waals surface area contributed by atoms with E-state index in [0.29, 0.717) is 23.8 Å². The monoisotopic (exact) mass is 311 g/mol. The number of aromatic nitrogens is 1. The fourth-order valence-corrected chi connectivity index (χ4v) is 1.88. The van der Waals surface area contributed by atoms with Crippen LogP contribution in [0.3, 0.4) is 0 Å². The molecule has 0 saturated heterocycles. The Hall–Kier alpha value is -2.82. The Balaban J connectivity index is 1.93. The van der Waals surface area contributed by atoms with Crippen LogP contribution in [-0.4, -0.2) is 17.5 Å². The third-order valence-corrected chi connectivity index (χ3v) is 3.16. The molecule has 0 aliphatic carbocycles. The second-order valence-corrected chi connectivity index (χ2v) is 5.11. The van der Waals surface area contributed by atoms with Crippen LogP contribution in [0.2, 0.25) is 0 Å².